The zero-order chi connectivity index (χ0) is 18.4. The second kappa shape index (κ2) is 8.48. The van der Waals surface area contributed by atoms with E-state index in [0.717, 1.165) is 55.6 Å². The highest BCUT2D eigenvalue weighted by atomic mass is 16.2. The third kappa shape index (κ3) is 4.40. The zero-order valence-electron chi connectivity index (χ0n) is 16.0. The van der Waals surface area contributed by atoms with Crippen molar-refractivity contribution in [1.29, 1.82) is 0 Å². The molecule has 1 aromatic rings. The topological polar surface area (TPSA) is 58.2 Å². The molecule has 2 atom stereocenters. The fourth-order valence-corrected chi connectivity index (χ4v) is 4.14. The van der Waals surface area contributed by atoms with Crippen LogP contribution in [0, 0.1) is 13.8 Å². The summed E-state index contributed by atoms with van der Waals surface area (Å²) in [6.45, 7) is 8.29. The van der Waals surface area contributed by atoms with E-state index < -0.39 is 0 Å². The van der Waals surface area contributed by atoms with E-state index in [-0.39, 0.29) is 17.9 Å². The van der Waals surface area contributed by atoms with E-state index in [0.29, 0.717) is 11.0 Å². The molecule has 0 bridgehead atoms. The van der Waals surface area contributed by atoms with Gasteiger partial charge in [-0.25, -0.2) is 0 Å². The number of amides is 2. The van der Waals surface area contributed by atoms with E-state index in [1.165, 1.54) is 0 Å². The molecule has 1 aliphatic rings. The number of likely N-dealkylation sites (tertiary alicyclic amines) is 1. The lowest BCUT2D eigenvalue weighted by molar-refractivity contribution is -0.940. The number of carbonyl (C=O) groups is 2. The first-order valence-corrected chi connectivity index (χ1v) is 9.37. The average molecular weight is 346 g/mol. The normalized spacial score (nSPS) is 23.1. The minimum Gasteiger partial charge on any atom is -0.354 e. The number of nitrogens with one attached hydrogen (secondary N) is 2. The number of rotatable bonds is 6. The SMILES string of the molecule is CCC[N@@+]1(CC(=O)NC)CCCC[C@@H]1C(=O)Nc1c(C)cccc1C. The van der Waals surface area contributed by atoms with E-state index in [1.54, 1.807) is 7.05 Å². The van der Waals surface area contributed by atoms with Gasteiger partial charge in [0.05, 0.1) is 13.1 Å². The minimum absolute atomic E-state index is 0.0141. The largest absolute Gasteiger partial charge is 0.354 e. The van der Waals surface area contributed by atoms with Gasteiger partial charge < -0.3 is 15.1 Å². The van der Waals surface area contributed by atoms with Crippen molar-refractivity contribution >= 4 is 17.5 Å². The standard InChI is InChI=1S/C20H31N3O2/c1-5-12-23(14-18(24)21-4)13-7-6-11-17(23)20(25)22-19-15(2)9-8-10-16(19)3/h8-10,17H,5-7,11-14H2,1-4H3,(H-,21,22,24,25)/p+1/t17-,23+/m1/s1. The molecule has 0 unspecified atom stereocenters. The van der Waals surface area contributed by atoms with Crippen LogP contribution in [0.5, 0.6) is 0 Å². The summed E-state index contributed by atoms with van der Waals surface area (Å²) in [5.41, 5.74) is 3.06. The minimum atomic E-state index is -0.162. The highest BCUT2D eigenvalue weighted by molar-refractivity contribution is 5.95. The number of carbonyl (C=O) groups excluding carboxylic acids is 2. The van der Waals surface area contributed by atoms with Crippen molar-refractivity contribution < 1.29 is 14.1 Å². The number of anilines is 1. The second-order valence-corrected chi connectivity index (χ2v) is 7.26. The molecule has 25 heavy (non-hydrogen) atoms. The molecular weight excluding hydrogens is 314 g/mol. The fourth-order valence-electron chi connectivity index (χ4n) is 4.14. The number of hydrogen-bond donors (Lipinski definition) is 2. The Hall–Kier alpha value is -1.88. The molecule has 5 nitrogen and oxygen atoms in total. The first-order valence-electron chi connectivity index (χ1n) is 9.37. The molecule has 1 aromatic carbocycles. The maximum atomic E-state index is 13.2. The number of piperidine rings is 1. The summed E-state index contributed by atoms with van der Waals surface area (Å²) in [5, 5.41) is 5.90. The predicted octanol–water partition coefficient (Wildman–Crippen LogP) is 2.77. The van der Waals surface area contributed by atoms with Gasteiger partial charge in [0.15, 0.2) is 12.6 Å². The van der Waals surface area contributed by atoms with Gasteiger partial charge in [0.1, 0.15) is 0 Å². The number of hydrogen-bond acceptors (Lipinski definition) is 2. The van der Waals surface area contributed by atoms with Crippen molar-refractivity contribution in [3.63, 3.8) is 0 Å². The Kier molecular flexibility index (Phi) is 6.59. The summed E-state index contributed by atoms with van der Waals surface area (Å²) in [4.78, 5) is 25.3. The lowest BCUT2D eigenvalue weighted by atomic mass is 9.96. The number of benzene rings is 1. The maximum Gasteiger partial charge on any atom is 0.282 e. The highest BCUT2D eigenvalue weighted by Gasteiger charge is 2.44. The van der Waals surface area contributed by atoms with Crippen LogP contribution in [-0.4, -0.2) is 49.0 Å². The Bertz CT molecular complexity index is 605. The number of para-hydroxylation sites is 1. The Morgan fingerprint density at radius 3 is 2.48 bits per heavy atom. The maximum absolute atomic E-state index is 13.2. The Balaban J connectivity index is 2.28. The van der Waals surface area contributed by atoms with Crippen molar-refractivity contribution in [2.24, 2.45) is 0 Å². The van der Waals surface area contributed by atoms with Gasteiger partial charge in [0.25, 0.3) is 11.8 Å². The van der Waals surface area contributed by atoms with E-state index >= 15 is 0 Å². The molecule has 0 aliphatic carbocycles. The molecule has 1 fully saturated rings. The van der Waals surface area contributed by atoms with Gasteiger partial charge in [-0.1, -0.05) is 25.1 Å². The Labute approximate surface area is 151 Å². The summed E-state index contributed by atoms with van der Waals surface area (Å²) in [6.07, 6.45) is 3.92. The van der Waals surface area contributed by atoms with Crippen LogP contribution in [0.15, 0.2) is 18.2 Å². The fraction of sp³-hybridized carbons (Fsp3) is 0.600. The monoisotopic (exact) mass is 346 g/mol. The van der Waals surface area contributed by atoms with Gasteiger partial charge >= 0.3 is 0 Å². The van der Waals surface area contributed by atoms with Gasteiger partial charge in [0, 0.05) is 19.2 Å². The molecule has 1 saturated heterocycles. The van der Waals surface area contributed by atoms with Crippen LogP contribution in [0.4, 0.5) is 5.69 Å². The van der Waals surface area contributed by atoms with Crippen molar-refractivity contribution in [1.82, 2.24) is 5.32 Å². The van der Waals surface area contributed by atoms with E-state index in [9.17, 15) is 9.59 Å². The molecule has 1 aliphatic heterocycles. The van der Waals surface area contributed by atoms with Crippen LogP contribution in [0.2, 0.25) is 0 Å². The summed E-state index contributed by atoms with van der Waals surface area (Å²) in [7, 11) is 1.67. The molecule has 2 N–H and O–H groups in total. The molecule has 0 aromatic heterocycles. The molecule has 1 heterocycles. The molecule has 2 rings (SSSR count). The average Bonchev–Trinajstić information content (AvgIpc) is 2.58. The van der Waals surface area contributed by atoms with Gasteiger partial charge in [-0.15, -0.1) is 0 Å². The summed E-state index contributed by atoms with van der Waals surface area (Å²) < 4.78 is 0.576. The molecule has 0 spiro atoms. The van der Waals surface area contributed by atoms with E-state index in [1.807, 2.05) is 32.0 Å². The molecule has 0 radical (unpaired) electrons. The third-order valence-corrected chi connectivity index (χ3v) is 5.43. The third-order valence-electron chi connectivity index (χ3n) is 5.43. The van der Waals surface area contributed by atoms with Gasteiger partial charge in [-0.05, 0) is 44.2 Å². The summed E-state index contributed by atoms with van der Waals surface area (Å²) in [5.74, 6) is 0.0645. The first kappa shape index (κ1) is 19.4. The van der Waals surface area contributed by atoms with E-state index in [2.05, 4.69) is 17.6 Å². The second-order valence-electron chi connectivity index (χ2n) is 7.26. The van der Waals surface area contributed by atoms with Crippen LogP contribution < -0.4 is 10.6 Å². The predicted molar refractivity (Wildman–Crippen MR) is 101 cm³/mol. The summed E-state index contributed by atoms with van der Waals surface area (Å²) in [6, 6.07) is 5.87. The van der Waals surface area contributed by atoms with Crippen LogP contribution in [0.3, 0.4) is 0 Å². The van der Waals surface area contributed by atoms with Gasteiger partial charge in [-0.2, -0.15) is 0 Å². The van der Waals surface area contributed by atoms with Crippen LogP contribution >= 0.6 is 0 Å². The first-order chi connectivity index (χ1) is 11.9. The number of nitrogens with zero attached hydrogens (tertiary/aromatic N) is 1. The highest BCUT2D eigenvalue weighted by Crippen LogP contribution is 2.29. The van der Waals surface area contributed by atoms with Crippen molar-refractivity contribution in [2.75, 3.05) is 32.0 Å². The Morgan fingerprint density at radius 2 is 1.88 bits per heavy atom. The number of quaternary nitrogens is 1. The molecule has 5 heteroatoms. The van der Waals surface area contributed by atoms with Crippen LogP contribution in [-0.2, 0) is 9.59 Å². The van der Waals surface area contributed by atoms with Crippen LogP contribution in [0.1, 0.15) is 43.7 Å². The van der Waals surface area contributed by atoms with Crippen molar-refractivity contribution in [3.05, 3.63) is 29.3 Å². The molecule has 2 amide bonds. The van der Waals surface area contributed by atoms with Crippen molar-refractivity contribution in [3.8, 4) is 0 Å². The molecular formula is C20H32N3O2+. The van der Waals surface area contributed by atoms with Gasteiger partial charge in [0.2, 0.25) is 0 Å². The Morgan fingerprint density at radius 1 is 1.20 bits per heavy atom. The number of likely N-dealkylation sites (N-methyl/N-ethyl adjacent to an activating group) is 1. The molecule has 0 saturated carbocycles. The molecule has 138 valence electrons. The van der Waals surface area contributed by atoms with E-state index in [4.69, 9.17) is 0 Å². The van der Waals surface area contributed by atoms with Crippen LogP contribution in [0.25, 0.3) is 0 Å². The smallest absolute Gasteiger partial charge is 0.282 e. The summed E-state index contributed by atoms with van der Waals surface area (Å²) >= 11 is 0. The quantitative estimate of drug-likeness (QED) is 0.778. The lowest BCUT2D eigenvalue weighted by Crippen LogP contribution is -2.65. The lowest BCUT2D eigenvalue weighted by Gasteiger charge is -2.46. The van der Waals surface area contributed by atoms with Crippen molar-refractivity contribution in [2.45, 2.75) is 52.5 Å². The number of aryl methyl sites for hydroxylation is 2. The zero-order valence-corrected chi connectivity index (χ0v) is 16.0. The van der Waals surface area contributed by atoms with Gasteiger partial charge in [-0.3, -0.25) is 9.59 Å².